The van der Waals surface area contributed by atoms with Gasteiger partial charge in [-0.25, -0.2) is 8.42 Å². The van der Waals surface area contributed by atoms with Crippen LogP contribution in [0, 0.1) is 20.6 Å². The SMILES string of the molecule is Cc1ccc([N+](=O)[O-])c(I)c1S(=O)(=O)Cl. The van der Waals surface area contributed by atoms with Gasteiger partial charge >= 0.3 is 0 Å². The van der Waals surface area contributed by atoms with E-state index in [1.807, 2.05) is 0 Å². The molecule has 15 heavy (non-hydrogen) atoms. The third kappa shape index (κ3) is 2.58. The maximum atomic E-state index is 11.2. The molecule has 5 nitrogen and oxygen atoms in total. The molecule has 0 fully saturated rings. The second-order valence-electron chi connectivity index (χ2n) is 2.74. The standard InChI is InChI=1S/C7H5ClINO4S/c1-4-2-3-5(10(11)12)6(9)7(4)15(8,13)14/h2-3H,1H3. The van der Waals surface area contributed by atoms with Crippen molar-refractivity contribution in [3.05, 3.63) is 31.4 Å². The van der Waals surface area contributed by atoms with Crippen LogP contribution in [0.5, 0.6) is 0 Å². The lowest BCUT2D eigenvalue weighted by molar-refractivity contribution is -0.386. The van der Waals surface area contributed by atoms with Crippen molar-refractivity contribution in [1.82, 2.24) is 0 Å². The lowest BCUT2D eigenvalue weighted by Gasteiger charge is -2.04. The van der Waals surface area contributed by atoms with E-state index < -0.39 is 14.0 Å². The Hall–Kier alpha value is -0.410. The third-order valence-corrected chi connectivity index (χ3v) is 4.65. The van der Waals surface area contributed by atoms with Gasteiger partial charge in [-0.1, -0.05) is 6.07 Å². The summed E-state index contributed by atoms with van der Waals surface area (Å²) < 4.78 is 22.4. The van der Waals surface area contributed by atoms with Crippen LogP contribution in [0.15, 0.2) is 17.0 Å². The van der Waals surface area contributed by atoms with E-state index in [1.54, 1.807) is 22.6 Å². The molecular formula is C7H5ClINO4S. The fourth-order valence-corrected chi connectivity index (χ4v) is 4.51. The summed E-state index contributed by atoms with van der Waals surface area (Å²) in [6, 6.07) is 2.61. The van der Waals surface area contributed by atoms with Gasteiger partial charge in [0.25, 0.3) is 14.7 Å². The first-order valence-corrected chi connectivity index (χ1v) is 7.02. The molecule has 0 aliphatic carbocycles. The van der Waals surface area contributed by atoms with E-state index in [2.05, 4.69) is 0 Å². The van der Waals surface area contributed by atoms with Crippen molar-refractivity contribution in [3.63, 3.8) is 0 Å². The highest BCUT2D eigenvalue weighted by atomic mass is 127. The molecule has 1 aromatic rings. The average Bonchev–Trinajstić information content (AvgIpc) is 2.00. The van der Waals surface area contributed by atoms with E-state index in [4.69, 9.17) is 10.7 Å². The Balaban J connectivity index is 3.66. The number of hydrogen-bond donors (Lipinski definition) is 0. The smallest absolute Gasteiger partial charge is 0.258 e. The molecule has 0 saturated carbocycles. The largest absolute Gasteiger partial charge is 0.284 e. The number of aryl methyl sites for hydroxylation is 1. The molecule has 8 heteroatoms. The summed E-state index contributed by atoms with van der Waals surface area (Å²) in [6.45, 7) is 1.53. The number of rotatable bonds is 2. The van der Waals surface area contributed by atoms with Crippen molar-refractivity contribution in [2.45, 2.75) is 11.8 Å². The number of halogens is 2. The number of benzene rings is 1. The Morgan fingerprint density at radius 2 is 2.00 bits per heavy atom. The van der Waals surface area contributed by atoms with Gasteiger partial charge in [0.15, 0.2) is 0 Å². The minimum absolute atomic E-state index is 0.0348. The average molecular weight is 362 g/mol. The van der Waals surface area contributed by atoms with Crippen molar-refractivity contribution in [3.8, 4) is 0 Å². The quantitative estimate of drug-likeness (QED) is 0.351. The first kappa shape index (κ1) is 12.7. The van der Waals surface area contributed by atoms with Crippen LogP contribution in [0.25, 0.3) is 0 Å². The molecule has 1 rings (SSSR count). The highest BCUT2D eigenvalue weighted by Crippen LogP contribution is 2.32. The van der Waals surface area contributed by atoms with Gasteiger partial charge in [-0.15, -0.1) is 0 Å². The Morgan fingerprint density at radius 1 is 1.47 bits per heavy atom. The molecule has 0 radical (unpaired) electrons. The molecule has 0 aliphatic rings. The topological polar surface area (TPSA) is 77.3 Å². The molecule has 82 valence electrons. The molecule has 0 aliphatic heterocycles. The maximum absolute atomic E-state index is 11.2. The molecule has 0 spiro atoms. The summed E-state index contributed by atoms with van der Waals surface area (Å²) in [7, 11) is 1.23. The van der Waals surface area contributed by atoms with E-state index in [0.29, 0.717) is 5.56 Å². The third-order valence-electron chi connectivity index (χ3n) is 1.71. The summed E-state index contributed by atoms with van der Waals surface area (Å²) in [5.74, 6) is 0. The van der Waals surface area contributed by atoms with Gasteiger partial charge in [-0.2, -0.15) is 0 Å². The molecular weight excluding hydrogens is 357 g/mol. The Kier molecular flexibility index (Phi) is 3.56. The van der Waals surface area contributed by atoms with Crippen LogP contribution in [-0.2, 0) is 9.05 Å². The van der Waals surface area contributed by atoms with Crippen LogP contribution in [0.4, 0.5) is 5.69 Å². The van der Waals surface area contributed by atoms with Crippen molar-refractivity contribution in [2.24, 2.45) is 0 Å². The van der Waals surface area contributed by atoms with Gasteiger partial charge in [-0.3, -0.25) is 10.1 Å². The summed E-state index contributed by atoms with van der Waals surface area (Å²) in [4.78, 5) is 9.73. The van der Waals surface area contributed by atoms with Crippen molar-refractivity contribution in [2.75, 3.05) is 0 Å². The van der Waals surface area contributed by atoms with Crippen LogP contribution in [0.1, 0.15) is 5.56 Å². The molecule has 1 aromatic carbocycles. The molecule has 0 bridgehead atoms. The molecule has 0 atom stereocenters. The van der Waals surface area contributed by atoms with Gasteiger partial charge in [0.2, 0.25) is 0 Å². The zero-order valence-corrected chi connectivity index (χ0v) is 11.1. The molecule has 0 heterocycles. The first-order chi connectivity index (χ1) is 6.75. The minimum atomic E-state index is -3.96. The Labute approximate surface area is 104 Å². The van der Waals surface area contributed by atoms with Crippen molar-refractivity contribution in [1.29, 1.82) is 0 Å². The van der Waals surface area contributed by atoms with Gasteiger partial charge in [0, 0.05) is 16.7 Å². The zero-order chi connectivity index (χ0) is 11.8. The normalized spacial score (nSPS) is 11.4. The molecule has 0 N–H and O–H groups in total. The van der Waals surface area contributed by atoms with E-state index in [1.165, 1.54) is 19.1 Å². The van der Waals surface area contributed by atoms with Crippen LogP contribution in [0.3, 0.4) is 0 Å². The van der Waals surface area contributed by atoms with Gasteiger partial charge in [0.05, 0.1) is 4.92 Å². The van der Waals surface area contributed by atoms with Crippen molar-refractivity contribution < 1.29 is 13.3 Å². The van der Waals surface area contributed by atoms with Crippen LogP contribution in [0.2, 0.25) is 0 Å². The van der Waals surface area contributed by atoms with Gasteiger partial charge in [-0.05, 0) is 35.1 Å². The first-order valence-electron chi connectivity index (χ1n) is 3.63. The second kappa shape index (κ2) is 4.22. The van der Waals surface area contributed by atoms with Gasteiger partial charge in [0.1, 0.15) is 8.47 Å². The molecule has 0 amide bonds. The van der Waals surface area contributed by atoms with Crippen LogP contribution < -0.4 is 0 Å². The molecule has 0 unspecified atom stereocenters. The van der Waals surface area contributed by atoms with Crippen LogP contribution in [-0.4, -0.2) is 13.3 Å². The molecule has 0 aromatic heterocycles. The summed E-state index contributed by atoms with van der Waals surface area (Å²) in [5, 5.41) is 10.6. The summed E-state index contributed by atoms with van der Waals surface area (Å²) >= 11 is 1.60. The Morgan fingerprint density at radius 3 is 2.40 bits per heavy atom. The maximum Gasteiger partial charge on any atom is 0.284 e. The summed E-state index contributed by atoms with van der Waals surface area (Å²) in [6.07, 6.45) is 0. The van der Waals surface area contributed by atoms with Crippen molar-refractivity contribution >= 4 is 48.0 Å². The fraction of sp³-hybridized carbons (Fsp3) is 0.143. The lowest BCUT2D eigenvalue weighted by atomic mass is 10.2. The predicted octanol–water partition coefficient (Wildman–Crippen LogP) is 2.44. The monoisotopic (exact) mass is 361 g/mol. The minimum Gasteiger partial charge on any atom is -0.258 e. The highest BCUT2D eigenvalue weighted by molar-refractivity contribution is 14.1. The van der Waals surface area contributed by atoms with E-state index in [0.717, 1.165) is 0 Å². The van der Waals surface area contributed by atoms with E-state index in [9.17, 15) is 18.5 Å². The lowest BCUT2D eigenvalue weighted by Crippen LogP contribution is -2.02. The number of nitro benzene ring substituents is 1. The number of hydrogen-bond acceptors (Lipinski definition) is 4. The van der Waals surface area contributed by atoms with E-state index >= 15 is 0 Å². The predicted molar refractivity (Wildman–Crippen MR) is 63.6 cm³/mol. The van der Waals surface area contributed by atoms with E-state index in [-0.39, 0.29) is 14.2 Å². The van der Waals surface area contributed by atoms with Crippen LogP contribution >= 0.6 is 33.3 Å². The number of nitrogens with zero attached hydrogens (tertiary/aromatic N) is 1. The van der Waals surface area contributed by atoms with Gasteiger partial charge < -0.3 is 0 Å². The molecule has 0 saturated heterocycles. The Bertz CT molecular complexity index is 528. The second-order valence-corrected chi connectivity index (χ2v) is 6.32. The summed E-state index contributed by atoms with van der Waals surface area (Å²) in [5.41, 5.74) is 0.125. The number of nitro groups is 1. The fourth-order valence-electron chi connectivity index (χ4n) is 1.08. The zero-order valence-electron chi connectivity index (χ0n) is 7.40. The highest BCUT2D eigenvalue weighted by Gasteiger charge is 2.24.